The summed E-state index contributed by atoms with van der Waals surface area (Å²) in [6.07, 6.45) is 1.97. The SMILES string of the molecule is CCCCNc1cc(C(=S)Cl)cc(NS(=O)[O-])c1Oc1ccccc1. The molecule has 0 amide bonds. The molecular formula is C17H18ClN2O3S2-. The lowest BCUT2D eigenvalue weighted by molar-refractivity contribution is 0.486. The third kappa shape index (κ3) is 5.97. The van der Waals surface area contributed by atoms with Crippen LogP contribution in [0.2, 0.25) is 0 Å². The Balaban J connectivity index is 2.48. The predicted molar refractivity (Wildman–Crippen MR) is 106 cm³/mol. The molecule has 2 N–H and O–H groups in total. The van der Waals surface area contributed by atoms with E-state index in [1.165, 1.54) is 0 Å². The highest BCUT2D eigenvalue weighted by atomic mass is 35.5. The van der Waals surface area contributed by atoms with E-state index in [1.54, 1.807) is 24.3 Å². The summed E-state index contributed by atoms with van der Waals surface area (Å²) in [4.78, 5) is 0. The van der Waals surface area contributed by atoms with Gasteiger partial charge in [-0.15, -0.1) is 0 Å². The lowest BCUT2D eigenvalue weighted by Crippen LogP contribution is -2.09. The van der Waals surface area contributed by atoms with Gasteiger partial charge < -0.3 is 19.3 Å². The molecule has 5 nitrogen and oxygen atoms in total. The van der Waals surface area contributed by atoms with E-state index in [9.17, 15) is 8.76 Å². The zero-order chi connectivity index (χ0) is 18.2. The van der Waals surface area contributed by atoms with Gasteiger partial charge in [0.1, 0.15) is 10.1 Å². The second-order valence-electron chi connectivity index (χ2n) is 5.21. The second-order valence-corrected chi connectivity index (χ2v) is 6.89. The highest BCUT2D eigenvalue weighted by Gasteiger charge is 2.15. The molecule has 1 unspecified atom stereocenters. The van der Waals surface area contributed by atoms with Crippen LogP contribution >= 0.6 is 23.8 Å². The van der Waals surface area contributed by atoms with Gasteiger partial charge >= 0.3 is 0 Å². The fourth-order valence-corrected chi connectivity index (χ4v) is 2.71. The van der Waals surface area contributed by atoms with Crippen molar-refractivity contribution in [2.45, 2.75) is 19.8 Å². The number of unbranched alkanes of at least 4 members (excludes halogenated alkanes) is 1. The molecule has 0 spiro atoms. The van der Waals surface area contributed by atoms with Crippen molar-refractivity contribution in [3.05, 3.63) is 48.0 Å². The molecule has 134 valence electrons. The van der Waals surface area contributed by atoms with Gasteiger partial charge in [0, 0.05) is 23.4 Å². The minimum atomic E-state index is -2.52. The van der Waals surface area contributed by atoms with Gasteiger partial charge in [0.25, 0.3) is 0 Å². The average Bonchev–Trinajstić information content (AvgIpc) is 2.57. The molecule has 0 saturated carbocycles. The van der Waals surface area contributed by atoms with Crippen LogP contribution in [-0.2, 0) is 11.3 Å². The van der Waals surface area contributed by atoms with E-state index in [0.717, 1.165) is 12.8 Å². The van der Waals surface area contributed by atoms with Crippen LogP contribution < -0.4 is 14.8 Å². The summed E-state index contributed by atoms with van der Waals surface area (Å²) in [5.74, 6) is 0.949. The average molecular weight is 398 g/mol. The summed E-state index contributed by atoms with van der Waals surface area (Å²) in [6, 6.07) is 12.4. The predicted octanol–water partition coefficient (Wildman–Crippen LogP) is 4.81. The quantitative estimate of drug-likeness (QED) is 0.275. The number of para-hydroxylation sites is 1. The molecule has 0 radical (unpaired) electrons. The zero-order valence-electron chi connectivity index (χ0n) is 13.6. The van der Waals surface area contributed by atoms with Gasteiger partial charge in [-0.3, -0.25) is 4.21 Å². The fourth-order valence-electron chi connectivity index (χ4n) is 2.16. The Morgan fingerprint density at radius 2 is 1.96 bits per heavy atom. The molecule has 0 bridgehead atoms. The summed E-state index contributed by atoms with van der Waals surface area (Å²) in [5.41, 5.74) is 1.41. The van der Waals surface area contributed by atoms with Crippen LogP contribution in [0.1, 0.15) is 25.3 Å². The Morgan fingerprint density at radius 3 is 2.56 bits per heavy atom. The summed E-state index contributed by atoms with van der Waals surface area (Å²) in [7, 11) is 0. The number of benzene rings is 2. The Hall–Kier alpha value is -1.67. The first-order valence-corrected chi connectivity index (χ1v) is 9.58. The van der Waals surface area contributed by atoms with Gasteiger partial charge in [0.15, 0.2) is 5.75 Å². The van der Waals surface area contributed by atoms with Crippen LogP contribution in [-0.4, -0.2) is 19.6 Å². The van der Waals surface area contributed by atoms with Crippen molar-refractivity contribution >= 4 is 50.8 Å². The minimum absolute atomic E-state index is 0.143. The van der Waals surface area contributed by atoms with Gasteiger partial charge in [-0.25, -0.2) is 0 Å². The van der Waals surface area contributed by atoms with Crippen molar-refractivity contribution in [2.24, 2.45) is 0 Å². The number of hydrogen-bond acceptors (Lipinski definition) is 5. The summed E-state index contributed by atoms with van der Waals surface area (Å²) >= 11 is 8.44. The van der Waals surface area contributed by atoms with Gasteiger partial charge in [-0.1, -0.05) is 55.4 Å². The Labute approximate surface area is 160 Å². The number of nitrogens with one attached hydrogen (secondary N) is 2. The Morgan fingerprint density at radius 1 is 1.28 bits per heavy atom. The third-order valence-electron chi connectivity index (χ3n) is 3.32. The molecule has 0 fully saturated rings. The first-order valence-electron chi connectivity index (χ1n) is 7.71. The number of anilines is 2. The molecule has 25 heavy (non-hydrogen) atoms. The number of thiocarbonyl (C=S) groups is 1. The molecule has 0 aliphatic carbocycles. The zero-order valence-corrected chi connectivity index (χ0v) is 16.0. The van der Waals surface area contributed by atoms with Crippen LogP contribution in [0.5, 0.6) is 11.5 Å². The van der Waals surface area contributed by atoms with Crippen molar-refractivity contribution in [2.75, 3.05) is 16.6 Å². The molecular weight excluding hydrogens is 380 g/mol. The van der Waals surface area contributed by atoms with Gasteiger partial charge in [0.2, 0.25) is 0 Å². The van der Waals surface area contributed by atoms with Crippen LogP contribution in [0, 0.1) is 0 Å². The highest BCUT2D eigenvalue weighted by molar-refractivity contribution is 7.83. The fraction of sp³-hybridized carbons (Fsp3) is 0.235. The van der Waals surface area contributed by atoms with Gasteiger partial charge in [-0.2, -0.15) is 0 Å². The molecule has 1 atom stereocenters. The Kier molecular flexibility index (Phi) is 7.64. The molecule has 0 aromatic heterocycles. The maximum atomic E-state index is 11.2. The third-order valence-corrected chi connectivity index (χ3v) is 4.16. The van der Waals surface area contributed by atoms with E-state index in [-0.39, 0.29) is 10.0 Å². The monoisotopic (exact) mass is 397 g/mol. The van der Waals surface area contributed by atoms with Crippen LogP contribution in [0.15, 0.2) is 42.5 Å². The maximum Gasteiger partial charge on any atom is 0.174 e. The first-order chi connectivity index (χ1) is 12.0. The number of rotatable bonds is 9. The standard InChI is InChI=1S/C17H19ClN2O3S2/c1-2-3-9-19-14-10-12(17(18)24)11-15(20-25(21)22)16(14)23-13-7-5-4-6-8-13/h4-8,10-11,19-20H,2-3,9H2,1H3,(H,21,22)/p-1. The number of hydrogen-bond donors (Lipinski definition) is 2. The molecule has 0 aliphatic heterocycles. The van der Waals surface area contributed by atoms with E-state index in [2.05, 4.69) is 17.0 Å². The largest absolute Gasteiger partial charge is 0.755 e. The van der Waals surface area contributed by atoms with Crippen LogP contribution in [0.3, 0.4) is 0 Å². The molecule has 0 heterocycles. The van der Waals surface area contributed by atoms with E-state index < -0.39 is 11.3 Å². The van der Waals surface area contributed by atoms with Crippen molar-refractivity contribution < 1.29 is 13.5 Å². The normalized spacial score (nSPS) is 11.6. The van der Waals surface area contributed by atoms with Crippen molar-refractivity contribution in [1.29, 1.82) is 0 Å². The first kappa shape index (κ1) is 19.7. The molecule has 2 rings (SSSR count). The summed E-state index contributed by atoms with van der Waals surface area (Å²) < 4.78 is 30.8. The molecule has 2 aromatic carbocycles. The Bertz CT molecular complexity index is 757. The lowest BCUT2D eigenvalue weighted by atomic mass is 10.1. The second kappa shape index (κ2) is 9.72. The van der Waals surface area contributed by atoms with E-state index in [0.29, 0.717) is 29.3 Å². The van der Waals surface area contributed by atoms with E-state index in [1.807, 2.05) is 18.2 Å². The molecule has 0 saturated heterocycles. The topological polar surface area (TPSA) is 73.4 Å². The van der Waals surface area contributed by atoms with E-state index in [4.69, 9.17) is 28.6 Å². The van der Waals surface area contributed by atoms with Gasteiger partial charge in [0.05, 0.1) is 11.4 Å². The smallest absolute Gasteiger partial charge is 0.174 e. The molecule has 0 aliphatic rings. The molecule has 2 aromatic rings. The maximum absolute atomic E-state index is 11.2. The summed E-state index contributed by atoms with van der Waals surface area (Å²) in [6.45, 7) is 2.79. The lowest BCUT2D eigenvalue weighted by Gasteiger charge is -2.20. The van der Waals surface area contributed by atoms with Crippen LogP contribution in [0.4, 0.5) is 11.4 Å². The number of ether oxygens (including phenoxy) is 1. The highest BCUT2D eigenvalue weighted by Crippen LogP contribution is 2.39. The summed E-state index contributed by atoms with van der Waals surface area (Å²) in [5, 5.41) is 3.26. The van der Waals surface area contributed by atoms with Crippen molar-refractivity contribution in [1.82, 2.24) is 0 Å². The van der Waals surface area contributed by atoms with Crippen molar-refractivity contribution in [3.63, 3.8) is 0 Å². The minimum Gasteiger partial charge on any atom is -0.755 e. The van der Waals surface area contributed by atoms with Crippen LogP contribution in [0.25, 0.3) is 0 Å². The van der Waals surface area contributed by atoms with Crippen molar-refractivity contribution in [3.8, 4) is 11.5 Å². The van der Waals surface area contributed by atoms with E-state index >= 15 is 0 Å². The number of halogens is 1. The van der Waals surface area contributed by atoms with Gasteiger partial charge in [-0.05, 0) is 30.7 Å². The molecule has 8 heteroatoms.